The van der Waals surface area contributed by atoms with Crippen LogP contribution in [0.4, 0.5) is 0 Å². The van der Waals surface area contributed by atoms with Crippen molar-refractivity contribution in [3.05, 3.63) is 93.8 Å². The van der Waals surface area contributed by atoms with Gasteiger partial charge in [-0.3, -0.25) is 4.79 Å². The molecule has 1 N–H and O–H groups in total. The van der Waals surface area contributed by atoms with Crippen molar-refractivity contribution < 1.29 is 4.79 Å². The van der Waals surface area contributed by atoms with Crippen LogP contribution in [0.25, 0.3) is 0 Å². The molecule has 1 heterocycles. The minimum absolute atomic E-state index is 0.107. The molecule has 0 aliphatic heterocycles. The predicted molar refractivity (Wildman–Crippen MR) is 94.1 cm³/mol. The van der Waals surface area contributed by atoms with E-state index in [4.69, 9.17) is 0 Å². The molecule has 2 aromatic carbocycles. The Hall–Kier alpha value is -2.61. The monoisotopic (exact) mass is 303 g/mol. The first kappa shape index (κ1) is 15.3. The van der Waals surface area contributed by atoms with Crippen molar-refractivity contribution in [2.75, 3.05) is 0 Å². The van der Waals surface area contributed by atoms with Gasteiger partial charge in [0.05, 0.1) is 0 Å². The van der Waals surface area contributed by atoms with Crippen LogP contribution in [-0.4, -0.2) is 10.8 Å². The highest BCUT2D eigenvalue weighted by atomic mass is 16.1. The minimum atomic E-state index is 0.107. The number of H-pyrrole nitrogens is 1. The number of benzene rings is 2. The lowest BCUT2D eigenvalue weighted by atomic mass is 9.93. The summed E-state index contributed by atoms with van der Waals surface area (Å²) in [6, 6.07) is 18.2. The Labute approximate surface area is 137 Å². The van der Waals surface area contributed by atoms with Crippen LogP contribution in [-0.2, 0) is 6.42 Å². The van der Waals surface area contributed by atoms with Crippen LogP contribution in [0.5, 0.6) is 0 Å². The highest BCUT2D eigenvalue weighted by molar-refractivity contribution is 6.11. The molecule has 0 bridgehead atoms. The average Bonchev–Trinajstić information content (AvgIpc) is 2.81. The van der Waals surface area contributed by atoms with E-state index in [9.17, 15) is 4.79 Å². The van der Waals surface area contributed by atoms with Crippen LogP contribution in [0.2, 0.25) is 0 Å². The zero-order valence-electron chi connectivity index (χ0n) is 13.8. The molecule has 0 saturated carbocycles. The molecular weight excluding hydrogens is 282 g/mol. The number of hydrogen-bond donors (Lipinski definition) is 1. The van der Waals surface area contributed by atoms with E-state index in [1.54, 1.807) is 0 Å². The molecule has 3 aromatic rings. The van der Waals surface area contributed by atoms with Gasteiger partial charge >= 0.3 is 0 Å². The topological polar surface area (TPSA) is 32.9 Å². The molecule has 0 aliphatic rings. The summed E-state index contributed by atoms with van der Waals surface area (Å²) in [5.41, 5.74) is 6.94. The lowest BCUT2D eigenvalue weighted by Crippen LogP contribution is -2.08. The molecule has 2 nitrogen and oxygen atoms in total. The Morgan fingerprint density at radius 2 is 1.52 bits per heavy atom. The van der Waals surface area contributed by atoms with Gasteiger partial charge in [0.25, 0.3) is 0 Å². The zero-order chi connectivity index (χ0) is 16.4. The Morgan fingerprint density at radius 1 is 0.870 bits per heavy atom. The highest BCUT2D eigenvalue weighted by Gasteiger charge is 2.20. The standard InChI is InChI=1S/C21H21NO/c1-14-15(2)22-16(3)20(14)21(23)19-12-8-7-11-18(19)13-17-9-5-4-6-10-17/h4-12,22H,13H2,1-3H3. The maximum Gasteiger partial charge on any atom is 0.195 e. The highest BCUT2D eigenvalue weighted by Crippen LogP contribution is 2.24. The van der Waals surface area contributed by atoms with Crippen molar-refractivity contribution >= 4 is 5.78 Å². The fraction of sp³-hybridized carbons (Fsp3) is 0.190. The van der Waals surface area contributed by atoms with E-state index in [2.05, 4.69) is 17.1 Å². The number of rotatable bonds is 4. The summed E-state index contributed by atoms with van der Waals surface area (Å²) in [5.74, 6) is 0.107. The van der Waals surface area contributed by atoms with Gasteiger partial charge in [0.2, 0.25) is 0 Å². The number of nitrogens with one attached hydrogen (secondary N) is 1. The van der Waals surface area contributed by atoms with E-state index in [1.807, 2.05) is 63.2 Å². The second-order valence-corrected chi connectivity index (χ2v) is 6.02. The second-order valence-electron chi connectivity index (χ2n) is 6.02. The first-order valence-electron chi connectivity index (χ1n) is 7.90. The molecule has 0 saturated heterocycles. The van der Waals surface area contributed by atoms with Gasteiger partial charge in [0.15, 0.2) is 5.78 Å². The van der Waals surface area contributed by atoms with Gasteiger partial charge < -0.3 is 4.98 Å². The predicted octanol–water partition coefficient (Wildman–Crippen LogP) is 4.76. The fourth-order valence-electron chi connectivity index (χ4n) is 3.09. The second kappa shape index (κ2) is 6.25. The summed E-state index contributed by atoms with van der Waals surface area (Å²) in [4.78, 5) is 16.4. The van der Waals surface area contributed by atoms with E-state index in [1.165, 1.54) is 5.56 Å². The zero-order valence-corrected chi connectivity index (χ0v) is 13.8. The summed E-state index contributed by atoms with van der Waals surface area (Å²) >= 11 is 0. The molecule has 0 spiro atoms. The molecule has 0 aliphatic carbocycles. The summed E-state index contributed by atoms with van der Waals surface area (Å²) < 4.78 is 0. The van der Waals surface area contributed by atoms with Crippen molar-refractivity contribution in [1.29, 1.82) is 0 Å². The van der Waals surface area contributed by atoms with Crippen LogP contribution < -0.4 is 0 Å². The largest absolute Gasteiger partial charge is 0.362 e. The van der Waals surface area contributed by atoms with Crippen LogP contribution in [0.1, 0.15) is 44.0 Å². The normalized spacial score (nSPS) is 10.7. The summed E-state index contributed by atoms with van der Waals surface area (Å²) in [6.45, 7) is 5.98. The van der Waals surface area contributed by atoms with Gasteiger partial charge in [-0.1, -0.05) is 54.6 Å². The van der Waals surface area contributed by atoms with Crippen molar-refractivity contribution in [1.82, 2.24) is 4.98 Å². The summed E-state index contributed by atoms with van der Waals surface area (Å²) in [5, 5.41) is 0. The number of aromatic nitrogens is 1. The van der Waals surface area contributed by atoms with E-state index in [0.717, 1.165) is 40.1 Å². The summed E-state index contributed by atoms with van der Waals surface area (Å²) in [6.07, 6.45) is 0.768. The van der Waals surface area contributed by atoms with Gasteiger partial charge in [-0.25, -0.2) is 0 Å². The number of carbonyl (C=O) groups excluding carboxylic acids is 1. The van der Waals surface area contributed by atoms with E-state index >= 15 is 0 Å². The number of aromatic amines is 1. The maximum absolute atomic E-state index is 13.1. The maximum atomic E-state index is 13.1. The van der Waals surface area contributed by atoms with Crippen LogP contribution in [0.3, 0.4) is 0 Å². The molecule has 116 valence electrons. The molecular formula is C21H21NO. The first-order valence-corrected chi connectivity index (χ1v) is 7.90. The van der Waals surface area contributed by atoms with Crippen molar-refractivity contribution in [2.24, 2.45) is 0 Å². The minimum Gasteiger partial charge on any atom is -0.362 e. The molecule has 0 amide bonds. The number of carbonyl (C=O) groups is 1. The number of hydrogen-bond acceptors (Lipinski definition) is 1. The smallest absolute Gasteiger partial charge is 0.195 e. The Kier molecular flexibility index (Phi) is 4.16. The van der Waals surface area contributed by atoms with E-state index in [-0.39, 0.29) is 5.78 Å². The van der Waals surface area contributed by atoms with E-state index in [0.29, 0.717) is 0 Å². The lowest BCUT2D eigenvalue weighted by Gasteiger charge is -2.10. The molecule has 3 rings (SSSR count). The summed E-state index contributed by atoms with van der Waals surface area (Å²) in [7, 11) is 0. The van der Waals surface area contributed by atoms with Gasteiger partial charge in [-0.15, -0.1) is 0 Å². The SMILES string of the molecule is Cc1[nH]c(C)c(C(=O)c2ccccc2Cc2ccccc2)c1C. The first-order chi connectivity index (χ1) is 11.1. The molecule has 2 heteroatoms. The molecule has 23 heavy (non-hydrogen) atoms. The molecule has 1 aromatic heterocycles. The lowest BCUT2D eigenvalue weighted by molar-refractivity contribution is 0.103. The van der Waals surface area contributed by atoms with Crippen molar-refractivity contribution in [3.8, 4) is 0 Å². The average molecular weight is 303 g/mol. The number of ketones is 1. The molecule has 0 unspecified atom stereocenters. The fourth-order valence-corrected chi connectivity index (χ4v) is 3.09. The molecule has 0 fully saturated rings. The Bertz CT molecular complexity index is 844. The van der Waals surface area contributed by atoms with E-state index < -0.39 is 0 Å². The third-order valence-electron chi connectivity index (χ3n) is 4.41. The Balaban J connectivity index is 2.02. The third kappa shape index (κ3) is 2.98. The quantitative estimate of drug-likeness (QED) is 0.692. The van der Waals surface area contributed by atoms with Gasteiger partial charge in [0.1, 0.15) is 0 Å². The van der Waals surface area contributed by atoms with Gasteiger partial charge in [-0.2, -0.15) is 0 Å². The molecule has 0 radical (unpaired) electrons. The molecule has 0 atom stereocenters. The van der Waals surface area contributed by atoms with Crippen molar-refractivity contribution in [3.63, 3.8) is 0 Å². The van der Waals surface area contributed by atoms with Crippen LogP contribution in [0, 0.1) is 20.8 Å². The van der Waals surface area contributed by atoms with Gasteiger partial charge in [-0.05, 0) is 43.9 Å². The number of aryl methyl sites for hydroxylation is 2. The van der Waals surface area contributed by atoms with Crippen LogP contribution in [0.15, 0.2) is 54.6 Å². The van der Waals surface area contributed by atoms with Crippen molar-refractivity contribution in [2.45, 2.75) is 27.2 Å². The van der Waals surface area contributed by atoms with Crippen LogP contribution >= 0.6 is 0 Å². The third-order valence-corrected chi connectivity index (χ3v) is 4.41. The Morgan fingerprint density at radius 3 is 2.17 bits per heavy atom. The van der Waals surface area contributed by atoms with Gasteiger partial charge in [0, 0.05) is 22.5 Å².